The number of benzene rings is 2. The molecule has 142 valence electrons. The summed E-state index contributed by atoms with van der Waals surface area (Å²) in [5.74, 6) is -0.549. The molecular formula is C21H24N2O4. The van der Waals surface area contributed by atoms with E-state index in [1.54, 1.807) is 42.5 Å². The SMILES string of the molecule is CCC(CC)C(=O)Nc1cccc(NC(=O)c2cccc(OC(C)=O)c2)c1. The number of anilines is 2. The highest BCUT2D eigenvalue weighted by atomic mass is 16.5. The summed E-state index contributed by atoms with van der Waals surface area (Å²) in [5, 5.41) is 5.66. The molecule has 2 N–H and O–H groups in total. The highest BCUT2D eigenvalue weighted by Gasteiger charge is 2.14. The van der Waals surface area contributed by atoms with E-state index in [-0.39, 0.29) is 17.7 Å². The van der Waals surface area contributed by atoms with Gasteiger partial charge in [-0.15, -0.1) is 0 Å². The second-order valence-corrected chi connectivity index (χ2v) is 6.16. The molecule has 27 heavy (non-hydrogen) atoms. The maximum atomic E-state index is 12.4. The number of esters is 1. The summed E-state index contributed by atoms with van der Waals surface area (Å²) < 4.78 is 5.00. The molecule has 0 saturated carbocycles. The van der Waals surface area contributed by atoms with Crippen molar-refractivity contribution >= 4 is 29.2 Å². The Morgan fingerprint density at radius 2 is 1.56 bits per heavy atom. The Balaban J connectivity index is 2.08. The second-order valence-electron chi connectivity index (χ2n) is 6.16. The fourth-order valence-electron chi connectivity index (χ4n) is 2.65. The van der Waals surface area contributed by atoms with Crippen LogP contribution in [0.15, 0.2) is 48.5 Å². The van der Waals surface area contributed by atoms with Gasteiger partial charge in [0, 0.05) is 29.8 Å². The van der Waals surface area contributed by atoms with Gasteiger partial charge < -0.3 is 15.4 Å². The van der Waals surface area contributed by atoms with Gasteiger partial charge in [-0.05, 0) is 49.2 Å². The minimum absolute atomic E-state index is 0.0300. The van der Waals surface area contributed by atoms with Crippen LogP contribution in [0.1, 0.15) is 44.0 Å². The van der Waals surface area contributed by atoms with Crippen LogP contribution in [0.3, 0.4) is 0 Å². The predicted molar refractivity (Wildman–Crippen MR) is 105 cm³/mol. The number of ether oxygens (including phenoxy) is 1. The molecule has 6 heteroatoms. The molecule has 0 unspecified atom stereocenters. The Hall–Kier alpha value is -3.15. The van der Waals surface area contributed by atoms with Crippen LogP contribution in [-0.2, 0) is 9.59 Å². The van der Waals surface area contributed by atoms with Crippen LogP contribution in [0.2, 0.25) is 0 Å². The van der Waals surface area contributed by atoms with Gasteiger partial charge >= 0.3 is 5.97 Å². The summed E-state index contributed by atoms with van der Waals surface area (Å²) in [6.07, 6.45) is 1.55. The Kier molecular flexibility index (Phi) is 7.11. The van der Waals surface area contributed by atoms with Crippen molar-refractivity contribution in [1.82, 2.24) is 0 Å². The van der Waals surface area contributed by atoms with Crippen molar-refractivity contribution in [1.29, 1.82) is 0 Å². The van der Waals surface area contributed by atoms with Gasteiger partial charge in [-0.1, -0.05) is 26.0 Å². The Morgan fingerprint density at radius 1 is 0.926 bits per heavy atom. The van der Waals surface area contributed by atoms with Gasteiger partial charge in [0.05, 0.1) is 0 Å². The molecule has 0 bridgehead atoms. The Morgan fingerprint density at radius 3 is 2.19 bits per heavy atom. The lowest BCUT2D eigenvalue weighted by atomic mass is 10.0. The summed E-state index contributed by atoms with van der Waals surface area (Å²) in [6.45, 7) is 5.26. The minimum atomic E-state index is -0.450. The molecule has 0 aliphatic heterocycles. The number of amides is 2. The van der Waals surface area contributed by atoms with Crippen LogP contribution in [0.5, 0.6) is 5.75 Å². The van der Waals surface area contributed by atoms with Crippen molar-refractivity contribution in [3.05, 3.63) is 54.1 Å². The zero-order valence-electron chi connectivity index (χ0n) is 15.7. The molecule has 0 radical (unpaired) electrons. The number of nitrogens with one attached hydrogen (secondary N) is 2. The van der Waals surface area contributed by atoms with Crippen molar-refractivity contribution in [2.75, 3.05) is 10.6 Å². The van der Waals surface area contributed by atoms with Gasteiger partial charge in [0.1, 0.15) is 5.75 Å². The van der Waals surface area contributed by atoms with Gasteiger partial charge in [0.25, 0.3) is 5.91 Å². The summed E-state index contributed by atoms with van der Waals surface area (Å²) in [5.41, 5.74) is 1.54. The van der Waals surface area contributed by atoms with Crippen LogP contribution < -0.4 is 15.4 Å². The number of rotatable bonds is 7. The normalized spacial score (nSPS) is 10.4. The fourth-order valence-corrected chi connectivity index (χ4v) is 2.65. The van der Waals surface area contributed by atoms with Crippen molar-refractivity contribution in [3.63, 3.8) is 0 Å². The maximum absolute atomic E-state index is 12.4. The lowest BCUT2D eigenvalue weighted by molar-refractivity contribution is -0.131. The van der Waals surface area contributed by atoms with Gasteiger partial charge in [-0.25, -0.2) is 0 Å². The monoisotopic (exact) mass is 368 g/mol. The van der Waals surface area contributed by atoms with Gasteiger partial charge in [0.15, 0.2) is 0 Å². The van der Waals surface area contributed by atoms with Crippen LogP contribution in [0, 0.1) is 5.92 Å². The van der Waals surface area contributed by atoms with Crippen molar-refractivity contribution < 1.29 is 19.1 Å². The highest BCUT2D eigenvalue weighted by Crippen LogP contribution is 2.19. The number of carbonyl (C=O) groups is 3. The first-order valence-electron chi connectivity index (χ1n) is 8.93. The quantitative estimate of drug-likeness (QED) is 0.565. The summed E-state index contributed by atoms with van der Waals surface area (Å²) in [7, 11) is 0. The van der Waals surface area contributed by atoms with Crippen LogP contribution >= 0.6 is 0 Å². The molecule has 0 saturated heterocycles. The molecule has 0 fully saturated rings. The molecule has 2 aromatic carbocycles. The van der Waals surface area contributed by atoms with Gasteiger partial charge in [0.2, 0.25) is 5.91 Å². The highest BCUT2D eigenvalue weighted by molar-refractivity contribution is 6.05. The predicted octanol–water partition coefficient (Wildman–Crippen LogP) is 4.24. The first-order chi connectivity index (χ1) is 12.9. The lowest BCUT2D eigenvalue weighted by Gasteiger charge is -2.14. The molecule has 0 atom stereocenters. The van der Waals surface area contributed by atoms with E-state index in [2.05, 4.69) is 10.6 Å². The van der Waals surface area contributed by atoms with E-state index in [0.29, 0.717) is 22.7 Å². The molecule has 6 nitrogen and oxygen atoms in total. The van der Waals surface area contributed by atoms with E-state index < -0.39 is 5.97 Å². The van der Waals surface area contributed by atoms with E-state index in [1.807, 2.05) is 13.8 Å². The zero-order valence-corrected chi connectivity index (χ0v) is 15.7. The fraction of sp³-hybridized carbons (Fsp3) is 0.286. The van der Waals surface area contributed by atoms with E-state index in [9.17, 15) is 14.4 Å². The van der Waals surface area contributed by atoms with E-state index in [1.165, 1.54) is 13.0 Å². The average molecular weight is 368 g/mol. The zero-order chi connectivity index (χ0) is 19.8. The third kappa shape index (κ3) is 5.95. The van der Waals surface area contributed by atoms with Crippen LogP contribution in [-0.4, -0.2) is 17.8 Å². The van der Waals surface area contributed by atoms with Gasteiger partial charge in [-0.3, -0.25) is 14.4 Å². The Bertz CT molecular complexity index is 828. The number of carbonyl (C=O) groups excluding carboxylic acids is 3. The molecule has 0 heterocycles. The molecule has 0 spiro atoms. The number of hydrogen-bond acceptors (Lipinski definition) is 4. The molecule has 2 rings (SSSR count). The molecule has 2 amide bonds. The van der Waals surface area contributed by atoms with Crippen LogP contribution in [0.25, 0.3) is 0 Å². The standard InChI is InChI=1S/C21H24N2O4/c1-4-15(5-2)20(25)22-17-9-7-10-18(13-17)23-21(26)16-8-6-11-19(12-16)27-14(3)24/h6-13,15H,4-5H2,1-3H3,(H,22,25)(H,23,26). The molecule has 0 aliphatic rings. The van der Waals surface area contributed by atoms with E-state index >= 15 is 0 Å². The minimum Gasteiger partial charge on any atom is -0.427 e. The molecule has 0 aromatic heterocycles. The summed E-state index contributed by atoms with van der Waals surface area (Å²) >= 11 is 0. The first-order valence-corrected chi connectivity index (χ1v) is 8.93. The molecular weight excluding hydrogens is 344 g/mol. The first kappa shape index (κ1) is 20.2. The summed E-state index contributed by atoms with van der Waals surface area (Å²) in [6, 6.07) is 13.3. The number of hydrogen-bond donors (Lipinski definition) is 2. The van der Waals surface area contributed by atoms with E-state index in [0.717, 1.165) is 12.8 Å². The van der Waals surface area contributed by atoms with Crippen LogP contribution in [0.4, 0.5) is 11.4 Å². The smallest absolute Gasteiger partial charge is 0.308 e. The lowest BCUT2D eigenvalue weighted by Crippen LogP contribution is -2.21. The van der Waals surface area contributed by atoms with Gasteiger partial charge in [-0.2, -0.15) is 0 Å². The third-order valence-electron chi connectivity index (χ3n) is 4.10. The Labute approximate surface area is 158 Å². The summed E-state index contributed by atoms with van der Waals surface area (Å²) in [4.78, 5) is 35.7. The molecule has 2 aromatic rings. The second kappa shape index (κ2) is 9.52. The topological polar surface area (TPSA) is 84.5 Å². The average Bonchev–Trinajstić information content (AvgIpc) is 2.62. The molecule has 0 aliphatic carbocycles. The largest absolute Gasteiger partial charge is 0.427 e. The van der Waals surface area contributed by atoms with Crippen molar-refractivity contribution in [3.8, 4) is 5.75 Å². The van der Waals surface area contributed by atoms with Crippen molar-refractivity contribution in [2.45, 2.75) is 33.6 Å². The van der Waals surface area contributed by atoms with E-state index in [4.69, 9.17) is 4.74 Å². The van der Waals surface area contributed by atoms with Crippen molar-refractivity contribution in [2.24, 2.45) is 5.92 Å². The third-order valence-corrected chi connectivity index (χ3v) is 4.10. The maximum Gasteiger partial charge on any atom is 0.308 e.